The van der Waals surface area contributed by atoms with Crippen molar-refractivity contribution in [1.29, 1.82) is 0 Å². The second-order valence-corrected chi connectivity index (χ2v) is 5.91. The van der Waals surface area contributed by atoms with E-state index in [1.54, 1.807) is 6.07 Å². The van der Waals surface area contributed by atoms with Crippen LogP contribution in [-0.2, 0) is 0 Å². The molecule has 1 atom stereocenters. The Balaban J connectivity index is 1.85. The summed E-state index contributed by atoms with van der Waals surface area (Å²) in [5.41, 5.74) is 6.38. The molecule has 4 heteroatoms. The summed E-state index contributed by atoms with van der Waals surface area (Å²) in [5.74, 6) is 0.752. The van der Waals surface area contributed by atoms with Gasteiger partial charge < -0.3 is 11.1 Å². The second kappa shape index (κ2) is 6.64. The molecule has 0 amide bonds. The predicted molar refractivity (Wildman–Crippen MR) is 75.9 cm³/mol. The van der Waals surface area contributed by atoms with Crippen LogP contribution in [0.2, 0.25) is 0 Å². The SMILES string of the molecule is NCC(NCCCC1CC1)c1ccc(Br)cc1F. The molecule has 1 aliphatic carbocycles. The van der Waals surface area contributed by atoms with Crippen LogP contribution < -0.4 is 11.1 Å². The van der Waals surface area contributed by atoms with Crippen molar-refractivity contribution in [3.05, 3.63) is 34.1 Å². The van der Waals surface area contributed by atoms with Crippen molar-refractivity contribution in [2.75, 3.05) is 13.1 Å². The zero-order valence-electron chi connectivity index (χ0n) is 10.5. The summed E-state index contributed by atoms with van der Waals surface area (Å²) in [5, 5.41) is 3.35. The van der Waals surface area contributed by atoms with Crippen molar-refractivity contribution in [3.8, 4) is 0 Å². The highest BCUT2D eigenvalue weighted by atomic mass is 79.9. The molecule has 0 radical (unpaired) electrons. The van der Waals surface area contributed by atoms with E-state index >= 15 is 0 Å². The Morgan fingerprint density at radius 1 is 1.44 bits per heavy atom. The Hall–Kier alpha value is -0.450. The maximum Gasteiger partial charge on any atom is 0.129 e. The number of rotatable bonds is 7. The standard InChI is InChI=1S/C14H20BrFN2/c15-11-5-6-12(13(16)8-11)14(9-17)18-7-1-2-10-3-4-10/h5-6,8,10,14,18H,1-4,7,9,17H2. The van der Waals surface area contributed by atoms with Crippen LogP contribution in [-0.4, -0.2) is 13.1 Å². The van der Waals surface area contributed by atoms with Gasteiger partial charge in [-0.05, 0) is 37.4 Å². The monoisotopic (exact) mass is 314 g/mol. The maximum absolute atomic E-state index is 13.8. The summed E-state index contributed by atoms with van der Waals surface area (Å²) >= 11 is 3.26. The Labute approximate surface area is 116 Å². The molecule has 1 fully saturated rings. The third-order valence-electron chi connectivity index (χ3n) is 3.45. The van der Waals surface area contributed by atoms with E-state index in [1.165, 1.54) is 25.3 Å². The molecule has 1 aromatic carbocycles. The number of benzene rings is 1. The second-order valence-electron chi connectivity index (χ2n) is 4.99. The highest BCUT2D eigenvalue weighted by Crippen LogP contribution is 2.33. The lowest BCUT2D eigenvalue weighted by Crippen LogP contribution is -2.29. The van der Waals surface area contributed by atoms with E-state index < -0.39 is 0 Å². The van der Waals surface area contributed by atoms with Crippen LogP contribution >= 0.6 is 15.9 Å². The topological polar surface area (TPSA) is 38.0 Å². The van der Waals surface area contributed by atoms with Gasteiger partial charge >= 0.3 is 0 Å². The van der Waals surface area contributed by atoms with E-state index in [9.17, 15) is 4.39 Å². The van der Waals surface area contributed by atoms with E-state index in [2.05, 4.69) is 21.2 Å². The van der Waals surface area contributed by atoms with Crippen molar-refractivity contribution in [1.82, 2.24) is 5.32 Å². The lowest BCUT2D eigenvalue weighted by molar-refractivity contribution is 0.488. The van der Waals surface area contributed by atoms with Gasteiger partial charge in [0.2, 0.25) is 0 Å². The van der Waals surface area contributed by atoms with Crippen molar-refractivity contribution < 1.29 is 4.39 Å². The minimum absolute atomic E-state index is 0.0858. The molecule has 0 bridgehead atoms. The van der Waals surface area contributed by atoms with Crippen molar-refractivity contribution >= 4 is 15.9 Å². The van der Waals surface area contributed by atoms with Gasteiger partial charge in [-0.3, -0.25) is 0 Å². The summed E-state index contributed by atoms with van der Waals surface area (Å²) in [4.78, 5) is 0. The molecule has 3 N–H and O–H groups in total. The van der Waals surface area contributed by atoms with Gasteiger partial charge in [0.15, 0.2) is 0 Å². The van der Waals surface area contributed by atoms with Crippen LogP contribution in [0.3, 0.4) is 0 Å². The first-order valence-electron chi connectivity index (χ1n) is 6.59. The first kappa shape index (κ1) is 14.0. The minimum atomic E-state index is -0.200. The zero-order chi connectivity index (χ0) is 13.0. The average Bonchev–Trinajstić information content (AvgIpc) is 3.15. The summed E-state index contributed by atoms with van der Waals surface area (Å²) in [7, 11) is 0. The Kier molecular flexibility index (Phi) is 5.15. The van der Waals surface area contributed by atoms with E-state index in [0.29, 0.717) is 12.1 Å². The van der Waals surface area contributed by atoms with Crippen LogP contribution in [0.25, 0.3) is 0 Å². The highest BCUT2D eigenvalue weighted by Gasteiger charge is 2.20. The number of hydrogen-bond acceptors (Lipinski definition) is 2. The number of hydrogen-bond donors (Lipinski definition) is 2. The molecular formula is C14H20BrFN2. The van der Waals surface area contributed by atoms with Crippen molar-refractivity contribution in [2.45, 2.75) is 31.7 Å². The molecule has 0 spiro atoms. The van der Waals surface area contributed by atoms with E-state index in [4.69, 9.17) is 5.73 Å². The van der Waals surface area contributed by atoms with Gasteiger partial charge in [0.1, 0.15) is 5.82 Å². The van der Waals surface area contributed by atoms with Gasteiger partial charge in [-0.15, -0.1) is 0 Å². The van der Waals surface area contributed by atoms with E-state index in [-0.39, 0.29) is 11.9 Å². The Morgan fingerprint density at radius 3 is 2.83 bits per heavy atom. The Morgan fingerprint density at radius 2 is 2.22 bits per heavy atom. The number of nitrogens with two attached hydrogens (primary N) is 1. The Bertz CT molecular complexity index is 393. The van der Waals surface area contributed by atoms with Crippen LogP contribution in [0.15, 0.2) is 22.7 Å². The summed E-state index contributed by atoms with van der Waals surface area (Å²) in [6, 6.07) is 5.05. The van der Waals surface area contributed by atoms with E-state index in [1.807, 2.05) is 6.07 Å². The molecule has 1 unspecified atom stereocenters. The fourth-order valence-corrected chi connectivity index (χ4v) is 2.51. The van der Waals surface area contributed by atoms with E-state index in [0.717, 1.165) is 23.4 Å². The summed E-state index contributed by atoms with van der Waals surface area (Å²) < 4.78 is 14.6. The van der Waals surface area contributed by atoms with Crippen molar-refractivity contribution in [3.63, 3.8) is 0 Å². The fourth-order valence-electron chi connectivity index (χ4n) is 2.18. The van der Waals surface area contributed by atoms with Gasteiger partial charge in [0.25, 0.3) is 0 Å². The normalized spacial score (nSPS) is 16.8. The largest absolute Gasteiger partial charge is 0.329 e. The predicted octanol–water partition coefficient (Wildman–Crippen LogP) is 3.37. The van der Waals surface area contributed by atoms with Crippen LogP contribution in [0, 0.1) is 11.7 Å². The number of nitrogens with one attached hydrogen (secondary N) is 1. The van der Waals surface area contributed by atoms with Crippen LogP contribution in [0.1, 0.15) is 37.3 Å². The minimum Gasteiger partial charge on any atom is -0.329 e. The molecule has 1 saturated carbocycles. The molecule has 1 aliphatic rings. The van der Waals surface area contributed by atoms with Gasteiger partial charge in [0.05, 0.1) is 0 Å². The summed E-state index contributed by atoms with van der Waals surface area (Å²) in [6.45, 7) is 1.33. The highest BCUT2D eigenvalue weighted by molar-refractivity contribution is 9.10. The quantitative estimate of drug-likeness (QED) is 0.757. The number of halogens is 2. The van der Waals surface area contributed by atoms with Crippen molar-refractivity contribution in [2.24, 2.45) is 11.7 Å². The molecule has 2 rings (SSSR count). The van der Waals surface area contributed by atoms with Crippen LogP contribution in [0.5, 0.6) is 0 Å². The maximum atomic E-state index is 13.8. The lowest BCUT2D eigenvalue weighted by atomic mass is 10.1. The van der Waals surface area contributed by atoms with Gasteiger partial charge in [0, 0.05) is 22.6 Å². The average molecular weight is 315 g/mol. The molecule has 2 nitrogen and oxygen atoms in total. The van der Waals surface area contributed by atoms with Gasteiger partial charge in [-0.25, -0.2) is 4.39 Å². The molecule has 0 aliphatic heterocycles. The lowest BCUT2D eigenvalue weighted by Gasteiger charge is -2.18. The molecule has 0 aromatic heterocycles. The summed E-state index contributed by atoms with van der Waals surface area (Å²) in [6.07, 6.45) is 5.22. The first-order valence-corrected chi connectivity index (χ1v) is 7.38. The molecule has 100 valence electrons. The fraction of sp³-hybridized carbons (Fsp3) is 0.571. The van der Waals surface area contributed by atoms with Crippen LogP contribution in [0.4, 0.5) is 4.39 Å². The molecule has 1 aromatic rings. The molecular weight excluding hydrogens is 295 g/mol. The van der Waals surface area contributed by atoms with Gasteiger partial charge in [-0.2, -0.15) is 0 Å². The third kappa shape index (κ3) is 4.04. The first-order chi connectivity index (χ1) is 8.70. The zero-order valence-corrected chi connectivity index (χ0v) is 12.0. The molecule has 0 saturated heterocycles. The third-order valence-corrected chi connectivity index (χ3v) is 3.94. The molecule has 18 heavy (non-hydrogen) atoms. The smallest absolute Gasteiger partial charge is 0.129 e. The molecule has 0 heterocycles. The van der Waals surface area contributed by atoms with Gasteiger partial charge in [-0.1, -0.05) is 34.8 Å².